The van der Waals surface area contributed by atoms with Crippen molar-refractivity contribution in [2.24, 2.45) is 0 Å². The number of aliphatic hydroxyl groups is 1. The number of aliphatic hydroxyl groups excluding tert-OH is 1. The molecular formula is C11H21F3N2O2. The lowest BCUT2D eigenvalue weighted by Crippen LogP contribution is -2.41. The van der Waals surface area contributed by atoms with Crippen LogP contribution in [0, 0.1) is 0 Å². The Bertz CT molecular complexity index is 233. The van der Waals surface area contributed by atoms with Crippen LogP contribution in [0.25, 0.3) is 0 Å². The highest BCUT2D eigenvalue weighted by Gasteiger charge is 2.38. The standard InChI is InChI=1S/C11H21F3N2O2/c1-15(9-10(17)11(12,13)14)3-2-4-16-5-7-18-8-6-16/h10,17H,2-9H2,1H3. The van der Waals surface area contributed by atoms with Gasteiger partial charge in [-0.05, 0) is 26.6 Å². The molecule has 18 heavy (non-hydrogen) atoms. The second-order valence-electron chi connectivity index (χ2n) is 4.63. The maximum atomic E-state index is 12.1. The zero-order valence-corrected chi connectivity index (χ0v) is 10.6. The molecule has 1 fully saturated rings. The average Bonchev–Trinajstić information content (AvgIpc) is 2.29. The molecule has 1 aliphatic heterocycles. The Morgan fingerprint density at radius 3 is 2.50 bits per heavy atom. The smallest absolute Gasteiger partial charge is 0.382 e. The van der Waals surface area contributed by atoms with Crippen LogP contribution in [0.2, 0.25) is 0 Å². The van der Waals surface area contributed by atoms with Gasteiger partial charge in [-0.3, -0.25) is 4.90 Å². The number of halogens is 3. The van der Waals surface area contributed by atoms with Crippen molar-refractivity contribution in [2.45, 2.75) is 18.7 Å². The van der Waals surface area contributed by atoms with Crippen molar-refractivity contribution in [1.82, 2.24) is 9.80 Å². The first kappa shape index (κ1) is 15.7. The molecule has 1 saturated heterocycles. The Kier molecular flexibility index (Phi) is 6.34. The van der Waals surface area contributed by atoms with Crippen molar-refractivity contribution >= 4 is 0 Å². The van der Waals surface area contributed by atoms with E-state index in [4.69, 9.17) is 9.84 Å². The van der Waals surface area contributed by atoms with Gasteiger partial charge in [-0.2, -0.15) is 13.2 Å². The maximum Gasteiger partial charge on any atom is 0.415 e. The van der Waals surface area contributed by atoms with E-state index in [1.807, 2.05) is 0 Å². The van der Waals surface area contributed by atoms with Gasteiger partial charge in [-0.15, -0.1) is 0 Å². The third-order valence-corrected chi connectivity index (χ3v) is 2.98. The zero-order valence-electron chi connectivity index (χ0n) is 10.6. The molecule has 0 aromatic rings. The van der Waals surface area contributed by atoms with E-state index in [-0.39, 0.29) is 6.54 Å². The Morgan fingerprint density at radius 2 is 1.94 bits per heavy atom. The fourth-order valence-electron chi connectivity index (χ4n) is 1.88. The van der Waals surface area contributed by atoms with Gasteiger partial charge in [0.1, 0.15) is 0 Å². The van der Waals surface area contributed by atoms with Crippen molar-refractivity contribution in [2.75, 3.05) is 53.0 Å². The summed E-state index contributed by atoms with van der Waals surface area (Å²) in [6.07, 6.45) is -6.00. The van der Waals surface area contributed by atoms with Gasteiger partial charge >= 0.3 is 6.18 Å². The molecule has 0 saturated carbocycles. The van der Waals surface area contributed by atoms with E-state index in [9.17, 15) is 13.2 Å². The van der Waals surface area contributed by atoms with Gasteiger partial charge in [-0.25, -0.2) is 0 Å². The molecule has 108 valence electrons. The molecule has 0 aromatic heterocycles. The van der Waals surface area contributed by atoms with E-state index in [1.165, 1.54) is 4.90 Å². The third-order valence-electron chi connectivity index (χ3n) is 2.98. The molecule has 1 unspecified atom stereocenters. The summed E-state index contributed by atoms with van der Waals surface area (Å²) in [4.78, 5) is 3.75. The van der Waals surface area contributed by atoms with Crippen LogP contribution in [0.5, 0.6) is 0 Å². The van der Waals surface area contributed by atoms with Gasteiger partial charge in [-0.1, -0.05) is 0 Å². The Labute approximate surface area is 105 Å². The molecule has 0 spiro atoms. The minimum atomic E-state index is -4.53. The summed E-state index contributed by atoms with van der Waals surface area (Å²) in [5.74, 6) is 0. The van der Waals surface area contributed by atoms with Crippen molar-refractivity contribution in [3.8, 4) is 0 Å². The predicted octanol–water partition coefficient (Wildman–Crippen LogP) is 0.564. The second-order valence-corrected chi connectivity index (χ2v) is 4.63. The minimum Gasteiger partial charge on any atom is -0.382 e. The van der Waals surface area contributed by atoms with E-state index in [1.54, 1.807) is 7.05 Å². The van der Waals surface area contributed by atoms with Gasteiger partial charge < -0.3 is 14.7 Å². The van der Waals surface area contributed by atoms with Crippen LogP contribution in [-0.2, 0) is 4.74 Å². The number of likely N-dealkylation sites (N-methyl/N-ethyl adjacent to an activating group) is 1. The zero-order chi connectivity index (χ0) is 13.6. The van der Waals surface area contributed by atoms with E-state index >= 15 is 0 Å². The molecule has 4 nitrogen and oxygen atoms in total. The first-order chi connectivity index (χ1) is 8.39. The topological polar surface area (TPSA) is 35.9 Å². The molecule has 1 N–H and O–H groups in total. The molecule has 0 amide bonds. The number of ether oxygens (including phenoxy) is 1. The number of hydrogen-bond donors (Lipinski definition) is 1. The van der Waals surface area contributed by atoms with Crippen molar-refractivity contribution in [3.63, 3.8) is 0 Å². The molecule has 1 heterocycles. The predicted molar refractivity (Wildman–Crippen MR) is 61.4 cm³/mol. The lowest BCUT2D eigenvalue weighted by atomic mass is 10.3. The van der Waals surface area contributed by atoms with Gasteiger partial charge in [0.05, 0.1) is 13.2 Å². The molecule has 7 heteroatoms. The van der Waals surface area contributed by atoms with Crippen LogP contribution in [0.4, 0.5) is 13.2 Å². The van der Waals surface area contributed by atoms with E-state index in [2.05, 4.69) is 4.90 Å². The third kappa shape index (κ3) is 5.99. The summed E-state index contributed by atoms with van der Waals surface area (Å²) in [6, 6.07) is 0. The van der Waals surface area contributed by atoms with Gasteiger partial charge in [0, 0.05) is 19.6 Å². The summed E-state index contributed by atoms with van der Waals surface area (Å²) in [5, 5.41) is 8.91. The van der Waals surface area contributed by atoms with Crippen LogP contribution >= 0.6 is 0 Å². The molecule has 1 atom stereocenters. The van der Waals surface area contributed by atoms with E-state index < -0.39 is 12.3 Å². The van der Waals surface area contributed by atoms with E-state index in [0.29, 0.717) is 6.54 Å². The van der Waals surface area contributed by atoms with E-state index in [0.717, 1.165) is 39.3 Å². The molecule has 1 rings (SSSR count). The Morgan fingerprint density at radius 1 is 1.33 bits per heavy atom. The largest absolute Gasteiger partial charge is 0.415 e. The average molecular weight is 270 g/mol. The van der Waals surface area contributed by atoms with Gasteiger partial charge in [0.15, 0.2) is 6.10 Å². The first-order valence-corrected chi connectivity index (χ1v) is 6.13. The SMILES string of the molecule is CN(CCCN1CCOCC1)CC(O)C(F)(F)F. The normalized spacial score (nSPS) is 20.3. The van der Waals surface area contributed by atoms with Crippen molar-refractivity contribution in [3.05, 3.63) is 0 Å². The monoisotopic (exact) mass is 270 g/mol. The fourth-order valence-corrected chi connectivity index (χ4v) is 1.88. The number of morpholine rings is 1. The maximum absolute atomic E-state index is 12.1. The van der Waals surface area contributed by atoms with Gasteiger partial charge in [0.2, 0.25) is 0 Å². The minimum absolute atomic E-state index is 0.368. The molecule has 0 aromatic carbocycles. The molecular weight excluding hydrogens is 249 g/mol. The highest BCUT2D eigenvalue weighted by Crippen LogP contribution is 2.20. The molecule has 1 aliphatic rings. The van der Waals surface area contributed by atoms with Gasteiger partial charge in [0.25, 0.3) is 0 Å². The lowest BCUT2D eigenvalue weighted by molar-refractivity contribution is -0.207. The highest BCUT2D eigenvalue weighted by atomic mass is 19.4. The lowest BCUT2D eigenvalue weighted by Gasteiger charge is -2.28. The number of nitrogens with zero attached hydrogens (tertiary/aromatic N) is 2. The quantitative estimate of drug-likeness (QED) is 0.765. The molecule has 0 radical (unpaired) electrons. The summed E-state index contributed by atoms with van der Waals surface area (Å²) in [7, 11) is 1.59. The Balaban J connectivity index is 2.11. The second kappa shape index (κ2) is 7.28. The highest BCUT2D eigenvalue weighted by molar-refractivity contribution is 4.70. The van der Waals surface area contributed by atoms with Crippen LogP contribution in [0.1, 0.15) is 6.42 Å². The van der Waals surface area contributed by atoms with Crippen LogP contribution in [0.15, 0.2) is 0 Å². The molecule has 0 aliphatic carbocycles. The summed E-state index contributed by atoms with van der Waals surface area (Å²) < 4.78 is 41.6. The van der Waals surface area contributed by atoms with Crippen LogP contribution in [0.3, 0.4) is 0 Å². The number of alkyl halides is 3. The number of rotatable bonds is 6. The summed E-state index contributed by atoms with van der Waals surface area (Å²) >= 11 is 0. The molecule has 0 bridgehead atoms. The first-order valence-electron chi connectivity index (χ1n) is 6.13. The van der Waals surface area contributed by atoms with Crippen LogP contribution in [-0.4, -0.2) is 80.2 Å². The number of hydrogen-bond acceptors (Lipinski definition) is 4. The summed E-state index contributed by atoms with van der Waals surface area (Å²) in [6.45, 7) is 4.25. The fraction of sp³-hybridized carbons (Fsp3) is 1.00. The van der Waals surface area contributed by atoms with Crippen molar-refractivity contribution in [1.29, 1.82) is 0 Å². The van der Waals surface area contributed by atoms with Crippen LogP contribution < -0.4 is 0 Å². The summed E-state index contributed by atoms with van der Waals surface area (Å²) in [5.41, 5.74) is 0. The van der Waals surface area contributed by atoms with Crippen molar-refractivity contribution < 1.29 is 23.0 Å². The Hall–Kier alpha value is -0.370.